The molecule has 2 fully saturated rings. The summed E-state index contributed by atoms with van der Waals surface area (Å²) >= 11 is 23.0. The van der Waals surface area contributed by atoms with Gasteiger partial charge in [0.15, 0.2) is 0 Å². The summed E-state index contributed by atoms with van der Waals surface area (Å²) in [6, 6.07) is 0. The Kier molecular flexibility index (Phi) is 20.7. The minimum atomic E-state index is -0.522. The van der Waals surface area contributed by atoms with Crippen LogP contribution in [0.25, 0.3) is 0 Å². The fourth-order valence-corrected chi connectivity index (χ4v) is 6.73. The molecule has 4 unspecified atom stereocenters. The van der Waals surface area contributed by atoms with Gasteiger partial charge in [-0.25, -0.2) is 0 Å². The van der Waals surface area contributed by atoms with Gasteiger partial charge < -0.3 is 54.2 Å². The van der Waals surface area contributed by atoms with E-state index in [-0.39, 0.29) is 59.4 Å². The lowest BCUT2D eigenvalue weighted by molar-refractivity contribution is -0.981. The van der Waals surface area contributed by atoms with Crippen LogP contribution < -0.4 is 24.8 Å². The first-order valence-electron chi connectivity index (χ1n) is 13.4. The molecule has 2 aliphatic heterocycles. The molecule has 0 aliphatic carbocycles. The number of aliphatic hydroxyl groups excluding tert-OH is 4. The highest BCUT2D eigenvalue weighted by molar-refractivity contribution is 6.18. The van der Waals surface area contributed by atoms with Gasteiger partial charge in [0.25, 0.3) is 0 Å². The van der Waals surface area contributed by atoms with Crippen molar-refractivity contribution in [1.29, 1.82) is 0 Å². The van der Waals surface area contributed by atoms with Crippen LogP contribution in [0.1, 0.15) is 66.2 Å². The van der Waals surface area contributed by atoms with E-state index in [1.807, 2.05) is 0 Å². The first-order chi connectivity index (χ1) is 16.7. The number of rotatable bonds is 12. The monoisotopic (exact) mass is 666 g/mol. The Hall–Kier alpha value is 1.50. The summed E-state index contributed by atoms with van der Waals surface area (Å²) in [5.41, 5.74) is 0.108. The lowest BCUT2D eigenvalue weighted by Gasteiger charge is -2.54. The maximum Gasteiger partial charge on any atom is 0.116 e. The lowest BCUT2D eigenvalue weighted by Crippen LogP contribution is -3.00. The van der Waals surface area contributed by atoms with Crippen molar-refractivity contribution >= 4 is 46.4 Å². The molecule has 0 radical (unpaired) electrons. The van der Waals surface area contributed by atoms with E-state index >= 15 is 0 Å². The molecule has 4 N–H and O–H groups in total. The zero-order valence-corrected chi connectivity index (χ0v) is 28.1. The van der Waals surface area contributed by atoms with Gasteiger partial charge >= 0.3 is 0 Å². The standard InChI is InChI=1S/2C13H26Cl2NO2.2ClH/c2*1-13(2)5-3-4-6-16(13,9-11(17)7-14)10-12(18)8-15;;/h2*11-12,17-18H,3-10H2,1-2H3;2*1H/q2*+1;;/p-2. The molecule has 4 atom stereocenters. The highest BCUT2D eigenvalue weighted by Crippen LogP contribution is 2.37. The van der Waals surface area contributed by atoms with Crippen molar-refractivity contribution < 1.29 is 54.2 Å². The topological polar surface area (TPSA) is 80.9 Å². The van der Waals surface area contributed by atoms with E-state index in [0.717, 1.165) is 47.7 Å². The Labute approximate surface area is 263 Å². The van der Waals surface area contributed by atoms with Crippen LogP contribution in [0.3, 0.4) is 0 Å². The Morgan fingerprint density at radius 2 is 0.763 bits per heavy atom. The van der Waals surface area contributed by atoms with Gasteiger partial charge in [0, 0.05) is 12.8 Å². The van der Waals surface area contributed by atoms with Crippen LogP contribution in [-0.4, -0.2) is 128 Å². The fraction of sp³-hybridized carbons (Fsp3) is 1.00. The van der Waals surface area contributed by atoms with Gasteiger partial charge in [-0.3, -0.25) is 0 Å². The van der Waals surface area contributed by atoms with Crippen LogP contribution in [0.2, 0.25) is 0 Å². The predicted octanol–water partition coefficient (Wildman–Crippen LogP) is -2.06. The second-order valence-corrected chi connectivity index (χ2v) is 13.5. The van der Waals surface area contributed by atoms with Crippen LogP contribution in [0.5, 0.6) is 0 Å². The van der Waals surface area contributed by atoms with E-state index in [0.29, 0.717) is 26.2 Å². The normalized spacial score (nSPS) is 29.4. The number of piperidine rings is 2. The van der Waals surface area contributed by atoms with Gasteiger partial charge in [0.1, 0.15) is 50.6 Å². The summed E-state index contributed by atoms with van der Waals surface area (Å²) in [4.78, 5) is 0. The molecule has 0 spiro atoms. The number of alkyl halides is 4. The molecular weight excluding hydrogens is 617 g/mol. The summed E-state index contributed by atoms with van der Waals surface area (Å²) in [5, 5.41) is 39.7. The molecule has 0 bridgehead atoms. The zero-order valence-electron chi connectivity index (χ0n) is 23.6. The summed E-state index contributed by atoms with van der Waals surface area (Å²) < 4.78 is 1.43. The second kappa shape index (κ2) is 18.9. The van der Waals surface area contributed by atoms with Crippen LogP contribution in [0.15, 0.2) is 0 Å². The molecule has 12 heteroatoms. The number of hydrogen-bond donors (Lipinski definition) is 4. The van der Waals surface area contributed by atoms with Crippen molar-refractivity contribution in [1.82, 2.24) is 0 Å². The van der Waals surface area contributed by atoms with E-state index in [9.17, 15) is 20.4 Å². The third-order valence-electron chi connectivity index (χ3n) is 8.77. The molecule has 0 aromatic heterocycles. The Balaban J connectivity index is 0. The maximum atomic E-state index is 9.93. The largest absolute Gasteiger partial charge is 1.00 e. The highest BCUT2D eigenvalue weighted by Gasteiger charge is 2.48. The van der Waals surface area contributed by atoms with E-state index in [1.165, 1.54) is 12.8 Å². The van der Waals surface area contributed by atoms with Gasteiger partial charge in [-0.15, -0.1) is 46.4 Å². The average molecular weight is 669 g/mol. The van der Waals surface area contributed by atoms with Crippen LogP contribution in [0.4, 0.5) is 0 Å². The van der Waals surface area contributed by atoms with Crippen molar-refractivity contribution in [2.24, 2.45) is 0 Å². The van der Waals surface area contributed by atoms with Crippen molar-refractivity contribution in [2.45, 2.75) is 102 Å². The molecule has 0 amide bonds. The molecule has 2 heterocycles. The van der Waals surface area contributed by atoms with Crippen LogP contribution in [0, 0.1) is 0 Å². The van der Waals surface area contributed by atoms with Gasteiger partial charge in [0.2, 0.25) is 0 Å². The van der Waals surface area contributed by atoms with Crippen molar-refractivity contribution in [2.75, 3.05) is 62.8 Å². The van der Waals surface area contributed by atoms with Gasteiger partial charge in [-0.1, -0.05) is 0 Å². The predicted molar refractivity (Wildman–Crippen MR) is 152 cm³/mol. The number of aliphatic hydroxyl groups is 4. The fourth-order valence-electron chi connectivity index (χ4n) is 6.34. The maximum absolute atomic E-state index is 9.93. The average Bonchev–Trinajstić information content (AvgIpc) is 2.82. The number of nitrogens with zero attached hydrogens (tertiary/aromatic N) is 2. The van der Waals surface area contributed by atoms with Crippen molar-refractivity contribution in [3.05, 3.63) is 0 Å². The minimum absolute atomic E-state index is 0. The van der Waals surface area contributed by atoms with Crippen LogP contribution in [-0.2, 0) is 0 Å². The second-order valence-electron chi connectivity index (χ2n) is 12.2. The number of quaternary nitrogens is 2. The summed E-state index contributed by atoms with van der Waals surface area (Å²) in [5.74, 6) is 0.972. The minimum Gasteiger partial charge on any atom is -1.00 e. The molecule has 38 heavy (non-hydrogen) atoms. The van der Waals surface area contributed by atoms with Crippen molar-refractivity contribution in [3.63, 3.8) is 0 Å². The molecule has 2 rings (SSSR count). The summed E-state index contributed by atoms with van der Waals surface area (Å²) in [6.07, 6.45) is 4.81. The molecule has 0 aromatic carbocycles. The first-order valence-corrected chi connectivity index (χ1v) is 15.6. The number of halogens is 6. The van der Waals surface area contributed by atoms with E-state index in [2.05, 4.69) is 27.7 Å². The molecule has 6 nitrogen and oxygen atoms in total. The third kappa shape index (κ3) is 11.6. The molecular formula is C26H52Cl6N2O4. The number of hydrogen-bond acceptors (Lipinski definition) is 4. The molecule has 232 valence electrons. The van der Waals surface area contributed by atoms with Gasteiger partial charge in [0.05, 0.1) is 47.7 Å². The van der Waals surface area contributed by atoms with E-state index < -0.39 is 24.4 Å². The van der Waals surface area contributed by atoms with Gasteiger partial charge in [-0.05, 0) is 53.4 Å². The van der Waals surface area contributed by atoms with E-state index in [4.69, 9.17) is 46.4 Å². The third-order valence-corrected chi connectivity index (χ3v) is 10.2. The molecule has 0 saturated carbocycles. The lowest BCUT2D eigenvalue weighted by atomic mass is 9.85. The van der Waals surface area contributed by atoms with E-state index in [1.54, 1.807) is 0 Å². The van der Waals surface area contributed by atoms with Crippen LogP contribution >= 0.6 is 46.4 Å². The Morgan fingerprint density at radius 3 is 0.947 bits per heavy atom. The quantitative estimate of drug-likeness (QED) is 0.143. The summed E-state index contributed by atoms with van der Waals surface area (Å²) in [6.45, 7) is 13.2. The highest BCUT2D eigenvalue weighted by atomic mass is 35.5. The molecule has 2 saturated heterocycles. The zero-order chi connectivity index (χ0) is 27.6. The summed E-state index contributed by atoms with van der Waals surface area (Å²) in [7, 11) is 0. The first kappa shape index (κ1) is 41.6. The molecule has 2 aliphatic rings. The smallest absolute Gasteiger partial charge is 0.116 e. The number of likely N-dealkylation sites (tertiary alicyclic amines) is 2. The van der Waals surface area contributed by atoms with Crippen molar-refractivity contribution in [3.8, 4) is 0 Å². The molecule has 0 aromatic rings. The van der Waals surface area contributed by atoms with Gasteiger partial charge in [-0.2, -0.15) is 0 Å². The Morgan fingerprint density at radius 1 is 0.526 bits per heavy atom. The Bertz CT molecular complexity index is 557. The SMILES string of the molecule is CC1(C)CCCC[N+]1(CC(O)CCl)CC(O)CCl.CC1(C)CCCC[N+]1(CC(O)CCl)CC(O)CCl.[Cl-].[Cl-].